The fraction of sp³-hybridized carbons (Fsp3) is 0.375. The molecule has 2 aromatic heterocycles. The second-order valence-corrected chi connectivity index (χ2v) is 8.34. The fourth-order valence-electron chi connectivity index (χ4n) is 4.43. The van der Waals surface area contributed by atoms with Crippen molar-refractivity contribution in [2.75, 3.05) is 27.2 Å². The van der Waals surface area contributed by atoms with E-state index in [4.69, 9.17) is 4.52 Å². The maximum atomic E-state index is 13.3. The first-order valence-electron chi connectivity index (χ1n) is 10.4. The number of aromatic nitrogens is 2. The van der Waals surface area contributed by atoms with Gasteiger partial charge in [0.05, 0.1) is 11.1 Å². The van der Waals surface area contributed by atoms with Gasteiger partial charge in [-0.05, 0) is 31.5 Å². The Morgan fingerprint density at radius 1 is 1.17 bits per heavy atom. The highest BCUT2D eigenvalue weighted by Gasteiger charge is 2.44. The van der Waals surface area contributed by atoms with Gasteiger partial charge in [-0.1, -0.05) is 41.6 Å². The number of hydrogen-bond donors (Lipinski definition) is 0. The lowest BCUT2D eigenvalue weighted by Crippen LogP contribution is -2.52. The van der Waals surface area contributed by atoms with Crippen molar-refractivity contribution in [3.05, 3.63) is 72.2 Å². The summed E-state index contributed by atoms with van der Waals surface area (Å²) >= 11 is 0. The van der Waals surface area contributed by atoms with Crippen LogP contribution in [0.15, 0.2) is 65.3 Å². The number of nitrogens with zero attached hydrogens (tertiary/aromatic N) is 4. The van der Waals surface area contributed by atoms with Crippen LogP contribution >= 0.6 is 0 Å². The number of amides is 1. The van der Waals surface area contributed by atoms with Crippen LogP contribution in [-0.4, -0.2) is 53.0 Å². The molecule has 0 bridgehead atoms. The van der Waals surface area contributed by atoms with Gasteiger partial charge < -0.3 is 9.42 Å². The Kier molecular flexibility index (Phi) is 5.95. The van der Waals surface area contributed by atoms with E-state index < -0.39 is 5.41 Å². The first-order valence-corrected chi connectivity index (χ1v) is 10.4. The highest BCUT2D eigenvalue weighted by atomic mass is 16.5. The summed E-state index contributed by atoms with van der Waals surface area (Å²) in [6.07, 6.45) is 4.16. The predicted molar refractivity (Wildman–Crippen MR) is 116 cm³/mol. The molecule has 6 heteroatoms. The molecule has 6 nitrogen and oxygen atoms in total. The van der Waals surface area contributed by atoms with Crippen LogP contribution in [0.4, 0.5) is 0 Å². The maximum absolute atomic E-state index is 13.3. The SMILES string of the molecule is CN(C)C(=O)[C@]1(Cc2cc(-c3ccccc3)no2)CCCN(Cc2ccccn2)C1. The quantitative estimate of drug-likeness (QED) is 0.628. The van der Waals surface area contributed by atoms with Crippen molar-refractivity contribution in [1.82, 2.24) is 19.9 Å². The molecule has 1 aliphatic heterocycles. The molecule has 1 aliphatic rings. The largest absolute Gasteiger partial charge is 0.361 e. The molecule has 0 unspecified atom stereocenters. The Labute approximate surface area is 177 Å². The number of pyridine rings is 1. The van der Waals surface area contributed by atoms with E-state index in [9.17, 15) is 4.79 Å². The van der Waals surface area contributed by atoms with Crippen molar-refractivity contribution in [2.24, 2.45) is 5.41 Å². The first-order chi connectivity index (χ1) is 14.6. The number of carbonyl (C=O) groups is 1. The Morgan fingerprint density at radius 2 is 1.97 bits per heavy atom. The molecule has 3 heterocycles. The van der Waals surface area contributed by atoms with Gasteiger partial charge in [0.25, 0.3) is 0 Å². The molecule has 1 saturated heterocycles. The molecule has 0 radical (unpaired) electrons. The van der Waals surface area contributed by atoms with Crippen molar-refractivity contribution < 1.29 is 9.32 Å². The van der Waals surface area contributed by atoms with E-state index in [2.05, 4.69) is 15.0 Å². The van der Waals surface area contributed by atoms with Gasteiger partial charge in [0.15, 0.2) is 0 Å². The molecule has 1 amide bonds. The van der Waals surface area contributed by atoms with Crippen molar-refractivity contribution >= 4 is 5.91 Å². The molecule has 3 aromatic rings. The zero-order valence-electron chi connectivity index (χ0n) is 17.6. The number of rotatable bonds is 6. The summed E-state index contributed by atoms with van der Waals surface area (Å²) in [6.45, 7) is 2.39. The van der Waals surface area contributed by atoms with E-state index in [1.165, 1.54) is 0 Å². The molecule has 156 valence electrons. The van der Waals surface area contributed by atoms with Gasteiger partial charge in [-0.15, -0.1) is 0 Å². The predicted octanol–water partition coefficient (Wildman–Crippen LogP) is 3.65. The third kappa shape index (κ3) is 4.44. The normalized spacial score (nSPS) is 19.5. The monoisotopic (exact) mass is 404 g/mol. The Morgan fingerprint density at radius 3 is 2.70 bits per heavy atom. The molecule has 1 aromatic carbocycles. The second-order valence-electron chi connectivity index (χ2n) is 8.34. The summed E-state index contributed by atoms with van der Waals surface area (Å²) in [5.74, 6) is 0.898. The van der Waals surface area contributed by atoms with Gasteiger partial charge in [0.1, 0.15) is 11.5 Å². The molecule has 0 aliphatic carbocycles. The molecule has 0 spiro atoms. The van der Waals surface area contributed by atoms with E-state index in [0.29, 0.717) is 13.0 Å². The Bertz CT molecular complexity index is 971. The third-order valence-electron chi connectivity index (χ3n) is 5.77. The number of likely N-dealkylation sites (tertiary alicyclic amines) is 1. The van der Waals surface area contributed by atoms with Gasteiger partial charge >= 0.3 is 0 Å². The van der Waals surface area contributed by atoms with Gasteiger partial charge in [-0.25, -0.2) is 0 Å². The van der Waals surface area contributed by atoms with Crippen molar-refractivity contribution in [3.8, 4) is 11.3 Å². The van der Waals surface area contributed by atoms with Crippen LogP contribution in [-0.2, 0) is 17.8 Å². The van der Waals surface area contributed by atoms with E-state index in [1.807, 2.05) is 74.9 Å². The summed E-state index contributed by atoms with van der Waals surface area (Å²) in [4.78, 5) is 21.8. The smallest absolute Gasteiger partial charge is 0.230 e. The fourth-order valence-corrected chi connectivity index (χ4v) is 4.43. The zero-order chi connectivity index (χ0) is 21.0. The molecule has 0 saturated carbocycles. The van der Waals surface area contributed by atoms with Crippen LogP contribution in [0, 0.1) is 5.41 Å². The standard InChI is InChI=1S/C24H28N4O2/c1-27(2)23(29)24(12-8-14-28(18-24)17-20-11-6-7-13-25-20)16-21-15-22(26-30-21)19-9-4-3-5-10-19/h3-7,9-11,13,15H,8,12,14,16-18H2,1-2H3/t24-/m0/s1. The number of benzene rings is 1. The van der Waals surface area contributed by atoms with E-state index >= 15 is 0 Å². The average Bonchev–Trinajstić information content (AvgIpc) is 3.23. The lowest BCUT2D eigenvalue weighted by molar-refractivity contribution is -0.143. The Hall–Kier alpha value is -2.99. The van der Waals surface area contributed by atoms with Crippen molar-refractivity contribution in [3.63, 3.8) is 0 Å². The molecule has 1 atom stereocenters. The molecule has 30 heavy (non-hydrogen) atoms. The zero-order valence-corrected chi connectivity index (χ0v) is 17.6. The topological polar surface area (TPSA) is 62.5 Å². The highest BCUT2D eigenvalue weighted by molar-refractivity contribution is 5.83. The number of piperidine rings is 1. The molecular formula is C24H28N4O2. The minimum absolute atomic E-state index is 0.144. The second kappa shape index (κ2) is 8.79. The minimum Gasteiger partial charge on any atom is -0.361 e. The van der Waals surface area contributed by atoms with Crippen LogP contribution in [0.5, 0.6) is 0 Å². The summed E-state index contributed by atoms with van der Waals surface area (Å²) in [5, 5.41) is 4.25. The highest BCUT2D eigenvalue weighted by Crippen LogP contribution is 2.36. The average molecular weight is 405 g/mol. The van der Waals surface area contributed by atoms with Gasteiger partial charge in [-0.2, -0.15) is 0 Å². The summed E-state index contributed by atoms with van der Waals surface area (Å²) < 4.78 is 5.68. The molecule has 1 fully saturated rings. The van der Waals surface area contributed by atoms with Crippen LogP contribution < -0.4 is 0 Å². The summed E-state index contributed by atoms with van der Waals surface area (Å²) in [5.41, 5.74) is 2.32. The molecule has 4 rings (SSSR count). The van der Waals surface area contributed by atoms with Crippen LogP contribution in [0.2, 0.25) is 0 Å². The maximum Gasteiger partial charge on any atom is 0.230 e. The summed E-state index contributed by atoms with van der Waals surface area (Å²) in [6, 6.07) is 17.9. The van der Waals surface area contributed by atoms with E-state index in [1.54, 1.807) is 4.90 Å². The minimum atomic E-state index is -0.524. The van der Waals surface area contributed by atoms with E-state index in [0.717, 1.165) is 48.6 Å². The lowest BCUT2D eigenvalue weighted by Gasteiger charge is -2.42. The van der Waals surface area contributed by atoms with Crippen LogP contribution in [0.1, 0.15) is 24.3 Å². The van der Waals surface area contributed by atoms with Crippen LogP contribution in [0.3, 0.4) is 0 Å². The lowest BCUT2D eigenvalue weighted by atomic mass is 9.75. The number of hydrogen-bond acceptors (Lipinski definition) is 5. The van der Waals surface area contributed by atoms with Crippen molar-refractivity contribution in [2.45, 2.75) is 25.8 Å². The Balaban J connectivity index is 1.57. The molecule has 0 N–H and O–H groups in total. The van der Waals surface area contributed by atoms with Crippen LogP contribution in [0.25, 0.3) is 11.3 Å². The van der Waals surface area contributed by atoms with Crippen molar-refractivity contribution in [1.29, 1.82) is 0 Å². The first kappa shape index (κ1) is 20.3. The van der Waals surface area contributed by atoms with Gasteiger partial charge in [0, 0.05) is 51.4 Å². The van der Waals surface area contributed by atoms with Gasteiger partial charge in [0.2, 0.25) is 5.91 Å². The van der Waals surface area contributed by atoms with Gasteiger partial charge in [-0.3, -0.25) is 14.7 Å². The molecular weight excluding hydrogens is 376 g/mol. The van der Waals surface area contributed by atoms with E-state index in [-0.39, 0.29) is 5.91 Å². The third-order valence-corrected chi connectivity index (χ3v) is 5.77. The number of carbonyl (C=O) groups excluding carboxylic acids is 1. The summed E-state index contributed by atoms with van der Waals surface area (Å²) in [7, 11) is 3.66.